The Morgan fingerprint density at radius 3 is 1.87 bits per heavy atom. The molecule has 8 aromatic rings. The number of aromatic nitrogens is 4. The van der Waals surface area contributed by atoms with Gasteiger partial charge in [0.15, 0.2) is 11.5 Å². The predicted molar refractivity (Wildman–Crippen MR) is 156 cm³/mol. The van der Waals surface area contributed by atoms with E-state index in [0.717, 1.165) is 33.5 Å². The summed E-state index contributed by atoms with van der Waals surface area (Å²) in [7, 11) is 0. The van der Waals surface area contributed by atoms with E-state index in [0.29, 0.717) is 0 Å². The highest BCUT2D eigenvalue weighted by Crippen LogP contribution is 2.33. The number of rotatable bonds is 3. The lowest BCUT2D eigenvalue weighted by Gasteiger charge is -2.09. The van der Waals surface area contributed by atoms with Crippen LogP contribution in [0.3, 0.4) is 0 Å². The average molecular weight is 487 g/mol. The van der Waals surface area contributed by atoms with Crippen molar-refractivity contribution in [3.63, 3.8) is 0 Å². The molecular weight excluding hydrogens is 464 g/mol. The molecule has 38 heavy (non-hydrogen) atoms. The van der Waals surface area contributed by atoms with E-state index in [-0.39, 0.29) is 0 Å². The van der Waals surface area contributed by atoms with Crippen LogP contribution < -0.4 is 0 Å². The SMILES string of the molecule is c1ccc(-c2ccc3ccn4c(-c5ccc(-n6c7ccccc7c7ccccc76)cc5)nnc4c3c2)cc1. The van der Waals surface area contributed by atoms with Crippen molar-refractivity contribution in [3.8, 4) is 28.2 Å². The lowest BCUT2D eigenvalue weighted by Crippen LogP contribution is -1.95. The Morgan fingerprint density at radius 1 is 0.474 bits per heavy atom. The third-order valence-corrected chi connectivity index (χ3v) is 7.46. The number of hydrogen-bond donors (Lipinski definition) is 0. The Hall–Kier alpha value is -5.22. The van der Waals surface area contributed by atoms with Gasteiger partial charge in [-0.1, -0.05) is 78.9 Å². The zero-order valence-corrected chi connectivity index (χ0v) is 20.5. The largest absolute Gasteiger partial charge is 0.309 e. The first-order valence-electron chi connectivity index (χ1n) is 12.8. The molecule has 0 saturated heterocycles. The Labute approximate surface area is 219 Å². The number of para-hydroxylation sites is 2. The first kappa shape index (κ1) is 20.9. The summed E-state index contributed by atoms with van der Waals surface area (Å²) in [5.41, 5.74) is 7.79. The normalized spacial score (nSPS) is 11.7. The molecule has 0 bridgehead atoms. The van der Waals surface area contributed by atoms with Gasteiger partial charge in [0.25, 0.3) is 0 Å². The first-order valence-corrected chi connectivity index (χ1v) is 12.8. The van der Waals surface area contributed by atoms with Gasteiger partial charge < -0.3 is 4.57 Å². The highest BCUT2D eigenvalue weighted by atomic mass is 15.2. The molecule has 8 rings (SSSR count). The average Bonchev–Trinajstić information content (AvgIpc) is 3.57. The third-order valence-electron chi connectivity index (χ3n) is 7.46. The molecule has 5 aromatic carbocycles. The second kappa shape index (κ2) is 8.15. The summed E-state index contributed by atoms with van der Waals surface area (Å²) in [6.45, 7) is 0. The van der Waals surface area contributed by atoms with Gasteiger partial charge in [0.2, 0.25) is 0 Å². The molecular formula is C34H22N4. The minimum Gasteiger partial charge on any atom is -0.309 e. The van der Waals surface area contributed by atoms with Crippen LogP contribution in [0, 0.1) is 0 Å². The fraction of sp³-hybridized carbons (Fsp3) is 0. The Balaban J connectivity index is 1.25. The third kappa shape index (κ3) is 3.10. The Bertz CT molecular complexity index is 2060. The summed E-state index contributed by atoms with van der Waals surface area (Å²) in [4.78, 5) is 0. The van der Waals surface area contributed by atoms with Gasteiger partial charge in [-0.3, -0.25) is 4.40 Å². The quantitative estimate of drug-likeness (QED) is 0.252. The van der Waals surface area contributed by atoms with Crippen LogP contribution in [-0.2, 0) is 0 Å². The van der Waals surface area contributed by atoms with Crippen molar-refractivity contribution in [1.29, 1.82) is 0 Å². The highest BCUT2D eigenvalue weighted by Gasteiger charge is 2.14. The van der Waals surface area contributed by atoms with Crippen molar-refractivity contribution < 1.29 is 0 Å². The molecule has 3 aromatic heterocycles. The van der Waals surface area contributed by atoms with Crippen LogP contribution in [0.4, 0.5) is 0 Å². The number of nitrogens with zero attached hydrogens (tertiary/aromatic N) is 4. The minimum absolute atomic E-state index is 0.834. The van der Waals surface area contributed by atoms with Crippen molar-refractivity contribution in [2.45, 2.75) is 0 Å². The van der Waals surface area contributed by atoms with E-state index < -0.39 is 0 Å². The molecule has 4 nitrogen and oxygen atoms in total. The molecule has 0 saturated carbocycles. The smallest absolute Gasteiger partial charge is 0.168 e. The van der Waals surface area contributed by atoms with E-state index in [1.54, 1.807) is 0 Å². The maximum atomic E-state index is 4.62. The van der Waals surface area contributed by atoms with Gasteiger partial charge in [-0.25, -0.2) is 0 Å². The lowest BCUT2D eigenvalue weighted by molar-refractivity contribution is 1.11. The number of pyridine rings is 1. The molecule has 0 aliphatic rings. The molecule has 0 amide bonds. The van der Waals surface area contributed by atoms with Crippen LogP contribution in [0.1, 0.15) is 0 Å². The summed E-state index contributed by atoms with van der Waals surface area (Å²) in [5.74, 6) is 0.834. The molecule has 0 atom stereocenters. The van der Waals surface area contributed by atoms with Crippen LogP contribution in [-0.4, -0.2) is 19.2 Å². The van der Waals surface area contributed by atoms with E-state index in [1.807, 2.05) is 6.07 Å². The van der Waals surface area contributed by atoms with Crippen LogP contribution in [0.25, 0.3) is 66.4 Å². The fourth-order valence-electron chi connectivity index (χ4n) is 5.63. The number of benzene rings is 5. The van der Waals surface area contributed by atoms with Crippen LogP contribution in [0.5, 0.6) is 0 Å². The maximum Gasteiger partial charge on any atom is 0.168 e. The first-order chi connectivity index (χ1) is 18.8. The van der Waals surface area contributed by atoms with Gasteiger partial charge in [-0.05, 0) is 65.0 Å². The summed E-state index contributed by atoms with van der Waals surface area (Å²) < 4.78 is 4.42. The number of hydrogen-bond acceptors (Lipinski definition) is 2. The molecule has 0 unspecified atom stereocenters. The molecule has 0 N–H and O–H groups in total. The molecule has 178 valence electrons. The molecule has 4 heteroatoms. The van der Waals surface area contributed by atoms with Crippen molar-refractivity contribution in [2.75, 3.05) is 0 Å². The topological polar surface area (TPSA) is 35.1 Å². The monoisotopic (exact) mass is 486 g/mol. The van der Waals surface area contributed by atoms with E-state index in [1.165, 1.54) is 32.9 Å². The van der Waals surface area contributed by atoms with Crippen molar-refractivity contribution in [3.05, 3.63) is 134 Å². The maximum absolute atomic E-state index is 4.62. The highest BCUT2D eigenvalue weighted by molar-refractivity contribution is 6.09. The van der Waals surface area contributed by atoms with Gasteiger partial charge in [0.05, 0.1) is 11.0 Å². The summed E-state index contributed by atoms with van der Waals surface area (Å²) >= 11 is 0. The predicted octanol–water partition coefficient (Wildman–Crippen LogP) is 8.31. The Kier molecular flexibility index (Phi) is 4.49. The molecule has 3 heterocycles. The number of fused-ring (bicyclic) bond motifs is 6. The zero-order valence-electron chi connectivity index (χ0n) is 20.5. The molecule has 0 spiro atoms. The van der Waals surface area contributed by atoms with Gasteiger partial charge in [-0.2, -0.15) is 0 Å². The molecule has 0 aliphatic carbocycles. The lowest BCUT2D eigenvalue weighted by atomic mass is 10.0. The van der Waals surface area contributed by atoms with Crippen LogP contribution in [0.2, 0.25) is 0 Å². The van der Waals surface area contributed by atoms with Crippen molar-refractivity contribution in [1.82, 2.24) is 19.2 Å². The summed E-state index contributed by atoms with van der Waals surface area (Å²) in [5, 5.41) is 14.0. The van der Waals surface area contributed by atoms with Gasteiger partial charge >= 0.3 is 0 Å². The van der Waals surface area contributed by atoms with E-state index in [2.05, 4.69) is 147 Å². The zero-order chi connectivity index (χ0) is 25.1. The Morgan fingerprint density at radius 2 is 1.13 bits per heavy atom. The van der Waals surface area contributed by atoms with Crippen LogP contribution in [0.15, 0.2) is 134 Å². The van der Waals surface area contributed by atoms with E-state index in [4.69, 9.17) is 0 Å². The van der Waals surface area contributed by atoms with E-state index in [9.17, 15) is 0 Å². The molecule has 0 fully saturated rings. The second-order valence-corrected chi connectivity index (χ2v) is 9.62. The second-order valence-electron chi connectivity index (χ2n) is 9.62. The van der Waals surface area contributed by atoms with Gasteiger partial charge in [-0.15, -0.1) is 10.2 Å². The molecule has 0 radical (unpaired) electrons. The molecule has 0 aliphatic heterocycles. The summed E-state index contributed by atoms with van der Waals surface area (Å²) in [6.07, 6.45) is 2.07. The van der Waals surface area contributed by atoms with E-state index >= 15 is 0 Å². The van der Waals surface area contributed by atoms with Crippen LogP contribution >= 0.6 is 0 Å². The summed E-state index contributed by atoms with van der Waals surface area (Å²) in [6, 6.07) is 44.9. The standard InChI is InChI=1S/C34H22N4/c1-2-8-23(9-3-1)26-15-14-24-20-21-37-33(35-36-34(37)30(24)22-26)25-16-18-27(19-17-25)38-31-12-6-4-10-28(31)29-11-5-7-13-32(29)38/h1-22H. The van der Waals surface area contributed by atoms with Crippen molar-refractivity contribution >= 4 is 38.2 Å². The fourth-order valence-corrected chi connectivity index (χ4v) is 5.63. The minimum atomic E-state index is 0.834. The van der Waals surface area contributed by atoms with Crippen molar-refractivity contribution in [2.24, 2.45) is 0 Å². The van der Waals surface area contributed by atoms with Gasteiger partial charge in [0, 0.05) is 33.6 Å². The van der Waals surface area contributed by atoms with Gasteiger partial charge in [0.1, 0.15) is 0 Å².